The minimum Gasteiger partial charge on any atom is -0.430 e. The van der Waals surface area contributed by atoms with Crippen LogP contribution in [0, 0.1) is 20.2 Å². The van der Waals surface area contributed by atoms with Crippen LogP contribution in [-0.2, 0) is 6.42 Å². The Bertz CT molecular complexity index is 1260. The van der Waals surface area contributed by atoms with Crippen molar-refractivity contribution < 1.29 is 18.9 Å². The molecule has 0 aromatic heterocycles. The normalized spacial score (nSPS) is 25.7. The van der Waals surface area contributed by atoms with Gasteiger partial charge in [-0.05, 0) is 57.1 Å². The van der Waals surface area contributed by atoms with Crippen LogP contribution in [0.15, 0.2) is 49.9 Å². The minimum absolute atomic E-state index is 0.0379. The van der Waals surface area contributed by atoms with E-state index in [-0.39, 0.29) is 29.3 Å². The Hall–Kier alpha value is -1.31. The van der Waals surface area contributed by atoms with E-state index in [4.69, 9.17) is 54.0 Å². The quantitative estimate of drug-likeness (QED) is 0.203. The molecule has 0 fully saturated rings. The van der Waals surface area contributed by atoms with E-state index in [1.165, 1.54) is 36.4 Å². The maximum atomic E-state index is 11.3. The zero-order valence-electron chi connectivity index (χ0n) is 14.7. The third-order valence-corrected chi connectivity index (χ3v) is 15.4. The van der Waals surface area contributed by atoms with Crippen LogP contribution in [0.3, 0.4) is 0 Å². The van der Waals surface area contributed by atoms with Crippen molar-refractivity contribution in [3.8, 4) is 11.5 Å². The van der Waals surface area contributed by atoms with Gasteiger partial charge in [-0.25, -0.2) is 0 Å². The van der Waals surface area contributed by atoms with Gasteiger partial charge in [0.25, 0.3) is 17.3 Å². The van der Waals surface area contributed by atoms with E-state index in [1.54, 1.807) is 0 Å². The maximum absolute atomic E-state index is 11.3. The predicted molar refractivity (Wildman–Crippen MR) is 122 cm³/mol. The van der Waals surface area contributed by atoms with Crippen molar-refractivity contribution in [1.29, 1.82) is 0 Å². The Kier molecular flexibility index (Phi) is 5.85. The fourth-order valence-corrected chi connectivity index (χ4v) is 17.6. The number of nitrogens with zero attached hydrogens (tertiary/aromatic N) is 5. The zero-order valence-corrected chi connectivity index (χ0v) is 20.4. The topological polar surface area (TPSA) is 142 Å². The van der Waals surface area contributed by atoms with Gasteiger partial charge in [-0.1, -0.05) is 0 Å². The molecule has 0 amide bonds. The van der Waals surface area contributed by atoms with Crippen LogP contribution in [0.5, 0.6) is 11.5 Å². The van der Waals surface area contributed by atoms with Crippen molar-refractivity contribution in [3.05, 3.63) is 67.8 Å². The summed E-state index contributed by atoms with van der Waals surface area (Å²) >= 11 is 25.4. The monoisotopic (exact) mass is 563 g/mol. The van der Waals surface area contributed by atoms with Crippen molar-refractivity contribution in [3.63, 3.8) is 0 Å². The molecule has 2 aliphatic heterocycles. The lowest BCUT2D eigenvalue weighted by molar-refractivity contribution is -0.385. The SMILES string of the molecule is O=[N+]([O-])c1ccc2c(c1)Cc1cc([N+](=O)[O-])ccc1OP1(Cl)=NP(Cl)(=NP(Cl)(Cl)=N1)O2. The molecule has 2 bridgehead atoms. The summed E-state index contributed by atoms with van der Waals surface area (Å²) in [4.78, 5) is 21.3. The summed E-state index contributed by atoms with van der Waals surface area (Å²) in [5.41, 5.74) is 0.136. The van der Waals surface area contributed by atoms with Gasteiger partial charge in [-0.3, -0.25) is 20.2 Å². The lowest BCUT2D eigenvalue weighted by Gasteiger charge is -2.27. The molecule has 0 saturated carbocycles. The van der Waals surface area contributed by atoms with Gasteiger partial charge in [0, 0.05) is 41.8 Å². The first kappa shape index (κ1) is 22.9. The van der Waals surface area contributed by atoms with Crippen molar-refractivity contribution in [2.45, 2.75) is 6.42 Å². The van der Waals surface area contributed by atoms with Gasteiger partial charge in [0.2, 0.25) is 0 Å². The van der Waals surface area contributed by atoms with Crippen LogP contribution in [0.25, 0.3) is 0 Å². The van der Waals surface area contributed by atoms with E-state index in [0.29, 0.717) is 11.1 Å². The van der Waals surface area contributed by atoms with Gasteiger partial charge in [0.1, 0.15) is 11.5 Å². The highest BCUT2D eigenvalue weighted by atomic mass is 35.9. The number of benzene rings is 2. The van der Waals surface area contributed by atoms with Crippen LogP contribution in [-0.4, -0.2) is 9.85 Å². The Balaban J connectivity index is 2.02. The summed E-state index contributed by atoms with van der Waals surface area (Å²) in [5.74, 6) is -3.21. The highest BCUT2D eigenvalue weighted by Gasteiger charge is 2.39. The van der Waals surface area contributed by atoms with E-state index in [2.05, 4.69) is 13.5 Å². The van der Waals surface area contributed by atoms with Crippen LogP contribution in [0.2, 0.25) is 0 Å². The van der Waals surface area contributed by atoms with Crippen molar-refractivity contribution in [2.24, 2.45) is 13.5 Å². The van der Waals surface area contributed by atoms with E-state index in [1.807, 2.05) is 0 Å². The number of nitro benzene ring substituents is 2. The van der Waals surface area contributed by atoms with Gasteiger partial charge >= 0.3 is 13.6 Å². The molecule has 4 rings (SSSR count). The molecule has 0 radical (unpaired) electrons. The molecule has 11 nitrogen and oxygen atoms in total. The first-order valence-corrected chi connectivity index (χ1v) is 16.5. The number of nitro groups is 2. The average molecular weight is 565 g/mol. The average Bonchev–Trinajstić information content (AvgIpc) is 2.61. The Morgan fingerprint density at radius 2 is 1.23 bits per heavy atom. The van der Waals surface area contributed by atoms with Crippen molar-refractivity contribution in [2.75, 3.05) is 0 Å². The molecular formula is C13H8Cl4N5O6P3. The van der Waals surface area contributed by atoms with Crippen LogP contribution in [0.1, 0.15) is 11.1 Å². The van der Waals surface area contributed by atoms with Crippen LogP contribution in [0.4, 0.5) is 11.4 Å². The summed E-state index contributed by atoms with van der Waals surface area (Å²) in [6.45, 7) is -7.20. The predicted octanol–water partition coefficient (Wildman–Crippen LogP) is 8.67. The van der Waals surface area contributed by atoms with Gasteiger partial charge in [-0.2, -0.15) is 9.03 Å². The second-order valence-electron chi connectivity index (χ2n) is 6.13. The molecule has 2 heterocycles. The number of hydrogen-bond donors (Lipinski definition) is 0. The van der Waals surface area contributed by atoms with E-state index >= 15 is 0 Å². The molecular weight excluding hydrogens is 557 g/mol. The van der Waals surface area contributed by atoms with E-state index < -0.39 is 29.3 Å². The number of fused-ring (bicyclic) bond motifs is 3. The highest BCUT2D eigenvalue weighted by Crippen LogP contribution is 2.85. The molecule has 2 aromatic rings. The molecule has 0 N–H and O–H groups in total. The summed E-state index contributed by atoms with van der Waals surface area (Å²) in [6.07, 6.45) is -0.0379. The van der Waals surface area contributed by atoms with Gasteiger partial charge in [0.05, 0.1) is 9.85 Å². The molecule has 2 atom stereocenters. The van der Waals surface area contributed by atoms with Crippen molar-refractivity contribution in [1.82, 2.24) is 0 Å². The lowest BCUT2D eigenvalue weighted by atomic mass is 10.0. The second-order valence-corrected chi connectivity index (χ2v) is 17.4. The molecule has 0 spiro atoms. The Morgan fingerprint density at radius 1 is 0.774 bits per heavy atom. The van der Waals surface area contributed by atoms with Gasteiger partial charge < -0.3 is 9.05 Å². The molecule has 2 aromatic carbocycles. The molecule has 18 heteroatoms. The highest BCUT2D eigenvalue weighted by molar-refractivity contribution is 8.17. The first-order chi connectivity index (χ1) is 14.4. The fourth-order valence-electron chi connectivity index (χ4n) is 2.80. The smallest absolute Gasteiger partial charge is 0.352 e. The third kappa shape index (κ3) is 4.88. The van der Waals surface area contributed by atoms with Gasteiger partial charge in [0.15, 0.2) is 0 Å². The minimum atomic E-state index is -3.60. The van der Waals surface area contributed by atoms with Crippen molar-refractivity contribution >= 4 is 75.8 Å². The molecule has 31 heavy (non-hydrogen) atoms. The fraction of sp³-hybridized carbons (Fsp3) is 0.0769. The summed E-state index contributed by atoms with van der Waals surface area (Å²) in [6, 6.07) is 7.57. The second kappa shape index (κ2) is 7.92. The molecule has 2 aliphatic rings. The number of halogens is 4. The lowest BCUT2D eigenvalue weighted by Crippen LogP contribution is -2.02. The van der Waals surface area contributed by atoms with Crippen LogP contribution < -0.4 is 9.05 Å². The summed E-state index contributed by atoms with van der Waals surface area (Å²) in [7, 11) is 0. The Morgan fingerprint density at radius 3 is 1.68 bits per heavy atom. The van der Waals surface area contributed by atoms with E-state index in [9.17, 15) is 20.2 Å². The molecule has 164 valence electrons. The third-order valence-electron chi connectivity index (χ3n) is 3.98. The molecule has 0 aliphatic carbocycles. The summed E-state index contributed by atoms with van der Waals surface area (Å²) < 4.78 is 23.9. The standard InChI is InChI=1S/C13H8Cl4N5O6P3/c14-29(15)18-30(16)20-31(17,19-29)28-13-4-2-11(22(25)26)7-9(13)5-8-6-10(21(23)24)1-3-12(8)27-30/h1-4,6-7H,5H2. The van der Waals surface area contributed by atoms with Gasteiger partial charge in [-0.15, -0.1) is 4.52 Å². The number of rotatable bonds is 2. The van der Waals surface area contributed by atoms with Crippen LogP contribution >= 0.6 is 64.4 Å². The zero-order chi connectivity index (χ0) is 22.6. The maximum Gasteiger partial charge on any atom is 0.352 e. The largest absolute Gasteiger partial charge is 0.430 e. The summed E-state index contributed by atoms with van der Waals surface area (Å²) in [5, 5.41) is 22.5. The molecule has 0 saturated heterocycles. The molecule has 2 unspecified atom stereocenters. The Labute approximate surface area is 193 Å². The number of hydrogen-bond acceptors (Lipinski definition) is 9. The number of non-ortho nitro benzene ring substituents is 2. The first-order valence-electron chi connectivity index (χ1n) is 8.01. The van der Waals surface area contributed by atoms with E-state index in [0.717, 1.165) is 0 Å².